The van der Waals surface area contributed by atoms with E-state index in [-0.39, 0.29) is 5.82 Å². The summed E-state index contributed by atoms with van der Waals surface area (Å²) >= 11 is 0. The highest BCUT2D eigenvalue weighted by atomic mass is 19.1. The van der Waals surface area contributed by atoms with E-state index in [9.17, 15) is 4.39 Å². The molecule has 1 N–H and O–H groups in total. The zero-order valence-corrected chi connectivity index (χ0v) is 18.2. The molecule has 2 radical (unpaired) electrons. The summed E-state index contributed by atoms with van der Waals surface area (Å²) in [5.74, 6) is 0.953. The van der Waals surface area contributed by atoms with Gasteiger partial charge < -0.3 is 10.2 Å². The SMILES string of the molecule is [B]c1cccc(-c2nn3c(N(C)C)cccc3c2-c2ccnc(Nc3cccc(F)c3)n2)c1. The van der Waals surface area contributed by atoms with E-state index in [1.165, 1.54) is 12.1 Å². The zero-order valence-electron chi connectivity index (χ0n) is 18.2. The maximum Gasteiger partial charge on any atom is 0.227 e. The van der Waals surface area contributed by atoms with Gasteiger partial charge in [-0.3, -0.25) is 0 Å². The molecule has 0 unspecified atom stereocenters. The van der Waals surface area contributed by atoms with E-state index in [4.69, 9.17) is 17.9 Å². The molecule has 5 rings (SSSR count). The van der Waals surface area contributed by atoms with Crippen LogP contribution in [0.5, 0.6) is 0 Å². The van der Waals surface area contributed by atoms with Gasteiger partial charge in [0.05, 0.1) is 16.8 Å². The molecule has 33 heavy (non-hydrogen) atoms. The van der Waals surface area contributed by atoms with Crippen molar-refractivity contribution in [1.29, 1.82) is 0 Å². The minimum absolute atomic E-state index is 0.334. The van der Waals surface area contributed by atoms with Crippen LogP contribution in [0.25, 0.3) is 28.0 Å². The Kier molecular flexibility index (Phi) is 5.26. The Labute approximate surface area is 192 Å². The molecule has 3 aromatic heterocycles. The van der Waals surface area contributed by atoms with Crippen LogP contribution in [-0.4, -0.2) is 41.5 Å². The van der Waals surface area contributed by atoms with Gasteiger partial charge in [-0.2, -0.15) is 5.10 Å². The third-order valence-corrected chi connectivity index (χ3v) is 5.25. The van der Waals surface area contributed by atoms with Crippen molar-refractivity contribution >= 4 is 36.3 Å². The van der Waals surface area contributed by atoms with Crippen LogP contribution < -0.4 is 15.7 Å². The fraction of sp³-hybridized carbons (Fsp3) is 0.0800. The molecule has 0 aliphatic heterocycles. The molecule has 0 aliphatic rings. The van der Waals surface area contributed by atoms with Gasteiger partial charge >= 0.3 is 0 Å². The number of hydrogen-bond acceptors (Lipinski definition) is 5. The van der Waals surface area contributed by atoms with Gasteiger partial charge in [0, 0.05) is 31.5 Å². The summed E-state index contributed by atoms with van der Waals surface area (Å²) in [7, 11) is 10.0. The van der Waals surface area contributed by atoms with Gasteiger partial charge in [-0.1, -0.05) is 41.9 Å². The number of fused-ring (bicyclic) bond motifs is 1. The minimum Gasteiger partial charge on any atom is -0.363 e. The quantitative estimate of drug-likeness (QED) is 0.421. The van der Waals surface area contributed by atoms with Gasteiger partial charge in [-0.25, -0.2) is 18.9 Å². The Morgan fingerprint density at radius 2 is 1.79 bits per heavy atom. The largest absolute Gasteiger partial charge is 0.363 e. The summed E-state index contributed by atoms with van der Waals surface area (Å²) in [4.78, 5) is 11.1. The molecule has 6 nitrogen and oxygen atoms in total. The van der Waals surface area contributed by atoms with Gasteiger partial charge in [0.1, 0.15) is 25.2 Å². The van der Waals surface area contributed by atoms with Crippen LogP contribution in [-0.2, 0) is 0 Å². The topological polar surface area (TPSA) is 58.4 Å². The summed E-state index contributed by atoms with van der Waals surface area (Å²) in [6.07, 6.45) is 1.67. The number of pyridine rings is 1. The highest BCUT2D eigenvalue weighted by molar-refractivity contribution is 6.32. The molecular weight excluding hydrogens is 414 g/mol. The minimum atomic E-state index is -0.334. The summed E-state index contributed by atoms with van der Waals surface area (Å²) in [5, 5.41) is 8.01. The average molecular weight is 434 g/mol. The van der Waals surface area contributed by atoms with Crippen LogP contribution >= 0.6 is 0 Å². The number of halogens is 1. The van der Waals surface area contributed by atoms with E-state index >= 15 is 0 Å². The maximum atomic E-state index is 13.6. The summed E-state index contributed by atoms with van der Waals surface area (Å²) in [6.45, 7) is 0. The van der Waals surface area contributed by atoms with E-state index in [0.717, 1.165) is 28.2 Å². The third-order valence-electron chi connectivity index (χ3n) is 5.25. The zero-order chi connectivity index (χ0) is 22.9. The average Bonchev–Trinajstić information content (AvgIpc) is 3.19. The van der Waals surface area contributed by atoms with Gasteiger partial charge in [0.15, 0.2) is 0 Å². The van der Waals surface area contributed by atoms with E-state index in [0.29, 0.717) is 22.8 Å². The fourth-order valence-electron chi connectivity index (χ4n) is 3.79. The van der Waals surface area contributed by atoms with Crippen molar-refractivity contribution in [3.8, 4) is 22.5 Å². The molecule has 0 amide bonds. The molecule has 160 valence electrons. The normalized spacial score (nSPS) is 11.0. The summed E-state index contributed by atoms with van der Waals surface area (Å²) in [6, 6.07) is 21.6. The molecule has 0 spiro atoms. The number of anilines is 3. The van der Waals surface area contributed by atoms with Crippen LogP contribution in [0.15, 0.2) is 79.0 Å². The Hall–Kier alpha value is -4.20. The lowest BCUT2D eigenvalue weighted by atomic mass is 9.92. The molecule has 0 saturated heterocycles. The maximum absolute atomic E-state index is 13.6. The number of benzene rings is 2. The summed E-state index contributed by atoms with van der Waals surface area (Å²) in [5.41, 5.74) is 5.30. The fourth-order valence-corrected chi connectivity index (χ4v) is 3.79. The highest BCUT2D eigenvalue weighted by Crippen LogP contribution is 2.35. The van der Waals surface area contributed by atoms with Crippen LogP contribution in [0, 0.1) is 5.82 Å². The second-order valence-corrected chi connectivity index (χ2v) is 7.83. The number of nitrogens with one attached hydrogen (secondary N) is 1. The first-order chi connectivity index (χ1) is 16.0. The Morgan fingerprint density at radius 1 is 0.970 bits per heavy atom. The van der Waals surface area contributed by atoms with Crippen molar-refractivity contribution < 1.29 is 4.39 Å². The van der Waals surface area contributed by atoms with Crippen LogP contribution in [0.1, 0.15) is 0 Å². The lowest BCUT2D eigenvalue weighted by molar-refractivity contribution is 0.628. The third kappa shape index (κ3) is 4.03. The number of aromatic nitrogens is 4. The second-order valence-electron chi connectivity index (χ2n) is 7.83. The molecule has 0 bridgehead atoms. The Morgan fingerprint density at radius 3 is 2.58 bits per heavy atom. The Balaban J connectivity index is 1.70. The van der Waals surface area contributed by atoms with Crippen LogP contribution in [0.2, 0.25) is 0 Å². The van der Waals surface area contributed by atoms with Gasteiger partial charge in [0.2, 0.25) is 5.95 Å². The van der Waals surface area contributed by atoms with Gasteiger partial charge in [-0.15, -0.1) is 0 Å². The predicted octanol–water partition coefficient (Wildman–Crippen LogP) is 4.20. The highest BCUT2D eigenvalue weighted by Gasteiger charge is 2.20. The van der Waals surface area contributed by atoms with Crippen molar-refractivity contribution in [1.82, 2.24) is 19.6 Å². The second kappa shape index (κ2) is 8.39. The van der Waals surface area contributed by atoms with Crippen molar-refractivity contribution in [3.63, 3.8) is 0 Å². The molecule has 0 aliphatic carbocycles. The first-order valence-electron chi connectivity index (χ1n) is 10.4. The molecule has 8 heteroatoms. The van der Waals surface area contributed by atoms with E-state index < -0.39 is 0 Å². The summed E-state index contributed by atoms with van der Waals surface area (Å²) < 4.78 is 15.5. The number of rotatable bonds is 5. The van der Waals surface area contributed by atoms with Gasteiger partial charge in [0.25, 0.3) is 0 Å². The molecule has 2 aromatic carbocycles. The van der Waals surface area contributed by atoms with Gasteiger partial charge in [-0.05, 0) is 36.4 Å². The van der Waals surface area contributed by atoms with Crippen LogP contribution in [0.4, 0.5) is 21.8 Å². The first kappa shape index (κ1) is 20.7. The monoisotopic (exact) mass is 434 g/mol. The van der Waals surface area contributed by atoms with Crippen LogP contribution in [0.3, 0.4) is 0 Å². The van der Waals surface area contributed by atoms with Crippen molar-refractivity contribution in [2.75, 3.05) is 24.3 Å². The molecule has 0 atom stereocenters. The van der Waals surface area contributed by atoms with E-state index in [1.54, 1.807) is 18.3 Å². The van der Waals surface area contributed by atoms with Crippen molar-refractivity contribution in [3.05, 3.63) is 84.8 Å². The molecule has 3 heterocycles. The number of hydrogen-bond donors (Lipinski definition) is 1. The predicted molar refractivity (Wildman–Crippen MR) is 131 cm³/mol. The smallest absolute Gasteiger partial charge is 0.227 e. The first-order valence-corrected chi connectivity index (χ1v) is 10.4. The van der Waals surface area contributed by atoms with Crippen molar-refractivity contribution in [2.24, 2.45) is 0 Å². The van der Waals surface area contributed by atoms with Crippen molar-refractivity contribution in [2.45, 2.75) is 0 Å². The lowest BCUT2D eigenvalue weighted by Crippen LogP contribution is -2.13. The molecular formula is C25H20BFN6. The molecule has 0 saturated carbocycles. The lowest BCUT2D eigenvalue weighted by Gasteiger charge is -2.13. The molecule has 0 fully saturated rings. The van der Waals surface area contributed by atoms with E-state index in [2.05, 4.69) is 10.3 Å². The number of nitrogens with zero attached hydrogens (tertiary/aromatic N) is 5. The molecule has 5 aromatic rings. The van der Waals surface area contributed by atoms with E-state index in [1.807, 2.05) is 72.0 Å². The standard InChI is InChI=1S/C25H20BFN6/c1-32(2)22-11-5-10-21-23(24(31-33(21)22)16-6-3-7-17(26)14-16)20-12-13-28-25(30-20)29-19-9-4-8-18(27)15-19/h3-15H,1-2H3,(H,28,29,30). The Bertz CT molecular complexity index is 1460.